The molecule has 0 bridgehead atoms. The highest BCUT2D eigenvalue weighted by Gasteiger charge is 2.60. The summed E-state index contributed by atoms with van der Waals surface area (Å²) in [6.07, 6.45) is -8.19. The number of hydrogen-bond acceptors (Lipinski definition) is 21. The number of imidazole rings is 1. The van der Waals surface area contributed by atoms with Gasteiger partial charge in [-0.15, -0.1) is 0 Å². The molecule has 0 spiro atoms. The number of hydrogen-bond donors (Lipinski definition) is 10. The van der Waals surface area contributed by atoms with Crippen molar-refractivity contribution in [1.29, 1.82) is 0 Å². The molecule has 2 fully saturated rings. The highest BCUT2D eigenvalue weighted by atomic mass is 31.3. The second-order valence-electron chi connectivity index (χ2n) is 11.1. The summed E-state index contributed by atoms with van der Waals surface area (Å²) >= 11 is 0. The lowest BCUT2D eigenvalue weighted by Gasteiger charge is -2.32. The highest BCUT2D eigenvalue weighted by Crippen LogP contribution is 2.61. The van der Waals surface area contributed by atoms with E-state index in [1.54, 1.807) is 0 Å². The Morgan fingerprint density at radius 1 is 1.06 bits per heavy atom. The number of aliphatic hydroxyl groups excluding tert-OH is 6. The molecule has 3 aliphatic rings. The molecule has 2 saturated heterocycles. The molecule has 0 aliphatic carbocycles. The summed E-state index contributed by atoms with van der Waals surface area (Å²) in [6, 6.07) is 0. The zero-order valence-corrected chi connectivity index (χ0v) is 27.6. The number of phosphoric acid groups is 2. The second kappa shape index (κ2) is 14.9. The van der Waals surface area contributed by atoms with Crippen LogP contribution in [0.2, 0.25) is 0 Å². The number of carbonyl (C=O) groups is 2. The van der Waals surface area contributed by atoms with Crippen LogP contribution in [0.25, 0.3) is 11.2 Å². The summed E-state index contributed by atoms with van der Waals surface area (Å²) in [5.41, 5.74) is 11.2. The number of nitrogens with two attached hydrogens (primary N) is 2. The van der Waals surface area contributed by atoms with Gasteiger partial charge in [0.25, 0.3) is 5.79 Å². The molecule has 282 valence electrons. The fourth-order valence-electron chi connectivity index (χ4n) is 5.11. The van der Waals surface area contributed by atoms with Crippen LogP contribution in [-0.2, 0) is 46.3 Å². The molecule has 0 saturated carbocycles. The minimum Gasteiger partial charge on any atom is -0.425 e. The molecule has 11 atom stereocenters. The molecule has 51 heavy (non-hydrogen) atoms. The molecule has 25 nitrogen and oxygen atoms in total. The Bertz CT molecular complexity index is 1800. The maximum atomic E-state index is 12.8. The number of fused-ring (bicyclic) bond motifs is 1. The topological polar surface area (TPSA) is 384 Å². The molecule has 2 aromatic rings. The number of ether oxygens (including phenoxy) is 3. The summed E-state index contributed by atoms with van der Waals surface area (Å²) in [5, 5.41) is 61.6. The third-order valence-electron chi connectivity index (χ3n) is 7.67. The van der Waals surface area contributed by atoms with Crippen LogP contribution in [0, 0.1) is 0 Å². The maximum Gasteiger partial charge on any atom is 0.481 e. The van der Waals surface area contributed by atoms with Gasteiger partial charge in [-0.1, -0.05) is 6.08 Å². The molecule has 5 heterocycles. The number of aromatic nitrogens is 4. The first kappa shape index (κ1) is 38.7. The van der Waals surface area contributed by atoms with E-state index in [4.69, 9.17) is 30.2 Å². The predicted molar refractivity (Wildman–Crippen MR) is 160 cm³/mol. The fraction of sp³-hybridized carbons (Fsp3) is 0.542. The minimum absolute atomic E-state index is 0.0224. The second-order valence-corrected chi connectivity index (χ2v) is 14.2. The van der Waals surface area contributed by atoms with Crippen LogP contribution in [0.1, 0.15) is 12.6 Å². The molecule has 27 heteroatoms. The normalized spacial score (nSPS) is 32.4. The van der Waals surface area contributed by atoms with Crippen molar-refractivity contribution >= 4 is 44.5 Å². The molecular formula is C24H33N7O18P2. The summed E-state index contributed by atoms with van der Waals surface area (Å²) in [6.45, 7) is -3.74. The number of nitrogens with zero attached hydrogens (tertiary/aromatic N) is 5. The van der Waals surface area contributed by atoms with Gasteiger partial charge in [0.1, 0.15) is 42.9 Å². The Balaban J connectivity index is 1.27. The number of aliphatic hydroxyl groups is 6. The number of rotatable bonds is 14. The van der Waals surface area contributed by atoms with Gasteiger partial charge in [-0.25, -0.2) is 28.9 Å². The van der Waals surface area contributed by atoms with E-state index in [2.05, 4.69) is 23.8 Å². The smallest absolute Gasteiger partial charge is 0.425 e. The van der Waals surface area contributed by atoms with Crippen molar-refractivity contribution in [2.24, 2.45) is 5.73 Å². The van der Waals surface area contributed by atoms with Gasteiger partial charge in [0.15, 0.2) is 36.1 Å². The molecule has 5 rings (SSSR count). The molecule has 0 aromatic carbocycles. The quantitative estimate of drug-likeness (QED) is 0.0639. The summed E-state index contributed by atoms with van der Waals surface area (Å²) in [5.74, 6) is -5.49. The number of phosphoric ester groups is 2. The zero-order valence-electron chi connectivity index (χ0n) is 25.8. The van der Waals surface area contributed by atoms with Crippen LogP contribution in [0.4, 0.5) is 5.82 Å². The van der Waals surface area contributed by atoms with Crippen molar-refractivity contribution < 1.29 is 86.7 Å². The van der Waals surface area contributed by atoms with Crippen molar-refractivity contribution in [3.05, 3.63) is 36.7 Å². The van der Waals surface area contributed by atoms with E-state index in [1.807, 2.05) is 0 Å². The van der Waals surface area contributed by atoms with Crippen molar-refractivity contribution in [1.82, 2.24) is 24.4 Å². The predicted octanol–water partition coefficient (Wildman–Crippen LogP) is -4.46. The van der Waals surface area contributed by atoms with Gasteiger partial charge in [-0.2, -0.15) is 4.31 Å². The van der Waals surface area contributed by atoms with Gasteiger partial charge in [-0.05, 0) is 6.42 Å². The average molecular weight is 770 g/mol. The van der Waals surface area contributed by atoms with Gasteiger partial charge in [0, 0.05) is 18.0 Å². The van der Waals surface area contributed by atoms with E-state index < -0.39 is 102 Å². The lowest BCUT2D eigenvalue weighted by Crippen LogP contribution is -2.52. The summed E-state index contributed by atoms with van der Waals surface area (Å²) in [7, 11) is -11.4. The van der Waals surface area contributed by atoms with Crippen LogP contribution >= 0.6 is 15.6 Å². The van der Waals surface area contributed by atoms with Crippen LogP contribution in [0.15, 0.2) is 36.7 Å². The van der Waals surface area contributed by atoms with Gasteiger partial charge in [0.05, 0.1) is 19.5 Å². The molecule has 0 radical (unpaired) electrons. The van der Waals surface area contributed by atoms with Crippen molar-refractivity contribution in [3.63, 3.8) is 0 Å². The Morgan fingerprint density at radius 3 is 2.45 bits per heavy atom. The van der Waals surface area contributed by atoms with Crippen LogP contribution < -0.4 is 11.5 Å². The number of esters is 1. The number of anilines is 1. The lowest BCUT2D eigenvalue weighted by molar-refractivity contribution is -0.272. The zero-order chi connectivity index (χ0) is 37.5. The van der Waals surface area contributed by atoms with Crippen LogP contribution in [0.5, 0.6) is 0 Å². The number of carbonyl (C=O) groups excluding carboxylic acids is 2. The Labute approximate surface area is 285 Å². The standard InChI is InChI=1S/C24H33N7O18P2/c25-18-13-20(28-8-27-18)31(9-29-13)22-16(36)17(37)24(47-22,48-23(39)11(33)5-32)7-45-51(42,43)49-50(40,41)44-6-12-14(34)15(35)21(46-12)30-3-1-2-10(4-30)19(26)38/h1,3-4,8-9,11-12,14-17,21-22,32-37H,2,5-7H2,(H2,26,38)(H,40,41)(H,42,43)(H2,25,27,28)/t11?,12-,14-,15-,16-,17+,21-,22-,24-/m1/s1. The van der Waals surface area contributed by atoms with Gasteiger partial charge >= 0.3 is 21.6 Å². The SMILES string of the molecule is NC(=O)C1=CN([C@@H]2O[C@H](COP(=O)(O)OP(=O)(O)OC[C@]3(OC(=O)C(O)CO)O[C@@H](n4cnc5c(N)ncnc54)[C@H](O)[C@@H]3O)[C@@H](O)[C@H]2O)C=CC1. The first-order chi connectivity index (χ1) is 23.9. The Kier molecular flexibility index (Phi) is 11.3. The first-order valence-electron chi connectivity index (χ1n) is 14.5. The molecule has 12 N–H and O–H groups in total. The van der Waals surface area contributed by atoms with Crippen molar-refractivity contribution in [2.75, 3.05) is 25.6 Å². The van der Waals surface area contributed by atoms with Gasteiger partial charge in [0.2, 0.25) is 5.91 Å². The molecule has 3 unspecified atom stereocenters. The summed E-state index contributed by atoms with van der Waals surface area (Å²) < 4.78 is 56.2. The summed E-state index contributed by atoms with van der Waals surface area (Å²) in [4.78, 5) is 57.4. The van der Waals surface area contributed by atoms with E-state index in [0.717, 1.165) is 17.2 Å². The van der Waals surface area contributed by atoms with Crippen molar-refractivity contribution in [3.8, 4) is 0 Å². The number of primary amides is 1. The van der Waals surface area contributed by atoms with Crippen molar-refractivity contribution in [2.45, 2.75) is 61.3 Å². The van der Waals surface area contributed by atoms with E-state index in [-0.39, 0.29) is 29.0 Å². The Hall–Kier alpha value is -3.49. The molecule has 1 amide bonds. The lowest BCUT2D eigenvalue weighted by atomic mass is 10.1. The van der Waals surface area contributed by atoms with Crippen LogP contribution in [-0.4, -0.2) is 145 Å². The largest absolute Gasteiger partial charge is 0.481 e. The highest BCUT2D eigenvalue weighted by molar-refractivity contribution is 7.61. The number of nitrogen functional groups attached to an aromatic ring is 1. The van der Waals surface area contributed by atoms with E-state index >= 15 is 0 Å². The Morgan fingerprint density at radius 2 is 1.76 bits per heavy atom. The van der Waals surface area contributed by atoms with E-state index in [0.29, 0.717) is 0 Å². The molecule has 3 aliphatic heterocycles. The van der Waals surface area contributed by atoms with Gasteiger partial charge in [-0.3, -0.25) is 18.4 Å². The third-order valence-corrected chi connectivity index (χ3v) is 10.3. The minimum atomic E-state index is -5.79. The van der Waals surface area contributed by atoms with Gasteiger partial charge < -0.3 is 71.0 Å². The van der Waals surface area contributed by atoms with Crippen LogP contribution in [0.3, 0.4) is 0 Å². The maximum absolute atomic E-state index is 12.8. The monoisotopic (exact) mass is 769 g/mol. The van der Waals surface area contributed by atoms with E-state index in [1.165, 1.54) is 23.4 Å². The molecule has 2 aromatic heterocycles. The first-order valence-corrected chi connectivity index (χ1v) is 17.5. The average Bonchev–Trinajstić information content (AvgIpc) is 3.71. The van der Waals surface area contributed by atoms with E-state index in [9.17, 15) is 59.1 Å². The molecular weight excluding hydrogens is 736 g/mol. The third kappa shape index (κ3) is 8.12. The fourth-order valence-corrected chi connectivity index (χ4v) is 7.21. The number of amides is 1. The number of allylic oxidation sites excluding steroid dienone is 1.